The molecule has 2 N–H and O–H groups in total. The standard InChI is InChI=1S/C17H26N2O/c1-12-4-5-13(2)16(8-12)9-17(20)19-11-15-7-6-14(3)18-10-15/h4-5,8,14-15,18H,6-7,9-11H2,1-3H3,(H,19,20). The van der Waals surface area contributed by atoms with Crippen molar-refractivity contribution in [2.45, 2.75) is 46.1 Å². The molecule has 0 saturated carbocycles. The fourth-order valence-corrected chi connectivity index (χ4v) is 2.72. The van der Waals surface area contributed by atoms with Gasteiger partial charge in [0.2, 0.25) is 5.91 Å². The Morgan fingerprint density at radius 3 is 2.85 bits per heavy atom. The summed E-state index contributed by atoms with van der Waals surface area (Å²) in [5.74, 6) is 0.714. The first-order valence-electron chi connectivity index (χ1n) is 7.61. The molecule has 0 aromatic heterocycles. The molecule has 2 rings (SSSR count). The van der Waals surface area contributed by atoms with E-state index in [0.717, 1.165) is 18.7 Å². The van der Waals surface area contributed by atoms with E-state index in [1.165, 1.54) is 24.0 Å². The second-order valence-electron chi connectivity index (χ2n) is 6.16. The molecule has 1 aromatic carbocycles. The van der Waals surface area contributed by atoms with Crippen LogP contribution in [0.25, 0.3) is 0 Å². The predicted octanol–water partition coefficient (Wildman–Crippen LogP) is 2.35. The lowest BCUT2D eigenvalue weighted by Crippen LogP contribution is -2.42. The summed E-state index contributed by atoms with van der Waals surface area (Å²) in [6.45, 7) is 8.16. The monoisotopic (exact) mass is 274 g/mol. The average Bonchev–Trinajstić information content (AvgIpc) is 2.42. The average molecular weight is 274 g/mol. The fraction of sp³-hybridized carbons (Fsp3) is 0.588. The summed E-state index contributed by atoms with van der Waals surface area (Å²) in [6.07, 6.45) is 2.90. The molecule has 2 atom stereocenters. The van der Waals surface area contributed by atoms with Crippen LogP contribution < -0.4 is 10.6 Å². The van der Waals surface area contributed by atoms with E-state index >= 15 is 0 Å². The molecule has 0 spiro atoms. The fourth-order valence-electron chi connectivity index (χ4n) is 2.72. The topological polar surface area (TPSA) is 41.1 Å². The first-order valence-corrected chi connectivity index (χ1v) is 7.61. The lowest BCUT2D eigenvalue weighted by molar-refractivity contribution is -0.120. The number of aryl methyl sites for hydroxylation is 2. The third kappa shape index (κ3) is 4.34. The van der Waals surface area contributed by atoms with Gasteiger partial charge in [-0.05, 0) is 57.2 Å². The summed E-state index contributed by atoms with van der Waals surface area (Å²) in [4.78, 5) is 12.1. The van der Waals surface area contributed by atoms with Crippen molar-refractivity contribution in [3.63, 3.8) is 0 Å². The van der Waals surface area contributed by atoms with Gasteiger partial charge in [0.25, 0.3) is 0 Å². The molecular formula is C17H26N2O. The summed E-state index contributed by atoms with van der Waals surface area (Å²) in [5, 5.41) is 6.55. The van der Waals surface area contributed by atoms with E-state index in [1.54, 1.807) is 0 Å². The van der Waals surface area contributed by atoms with Crippen molar-refractivity contribution in [2.75, 3.05) is 13.1 Å². The van der Waals surface area contributed by atoms with Gasteiger partial charge in [-0.3, -0.25) is 4.79 Å². The molecule has 1 aliphatic heterocycles. The summed E-state index contributed by atoms with van der Waals surface area (Å²) >= 11 is 0. The van der Waals surface area contributed by atoms with Crippen molar-refractivity contribution in [3.05, 3.63) is 34.9 Å². The van der Waals surface area contributed by atoms with Crippen LogP contribution in [0.2, 0.25) is 0 Å². The molecule has 1 aromatic rings. The predicted molar refractivity (Wildman–Crippen MR) is 82.8 cm³/mol. The molecular weight excluding hydrogens is 248 g/mol. The molecule has 20 heavy (non-hydrogen) atoms. The van der Waals surface area contributed by atoms with Gasteiger partial charge in [0.1, 0.15) is 0 Å². The van der Waals surface area contributed by atoms with Crippen LogP contribution in [0.1, 0.15) is 36.5 Å². The van der Waals surface area contributed by atoms with Gasteiger partial charge >= 0.3 is 0 Å². The summed E-state index contributed by atoms with van der Waals surface area (Å²) < 4.78 is 0. The molecule has 1 fully saturated rings. The number of benzene rings is 1. The van der Waals surface area contributed by atoms with Crippen LogP contribution in [0.4, 0.5) is 0 Å². The highest BCUT2D eigenvalue weighted by Crippen LogP contribution is 2.14. The second-order valence-corrected chi connectivity index (χ2v) is 6.16. The van der Waals surface area contributed by atoms with E-state index in [9.17, 15) is 4.79 Å². The van der Waals surface area contributed by atoms with Crippen molar-refractivity contribution >= 4 is 5.91 Å². The van der Waals surface area contributed by atoms with Crippen LogP contribution in [0.3, 0.4) is 0 Å². The van der Waals surface area contributed by atoms with Gasteiger partial charge in [-0.2, -0.15) is 0 Å². The van der Waals surface area contributed by atoms with E-state index < -0.39 is 0 Å². The maximum atomic E-state index is 12.1. The summed E-state index contributed by atoms with van der Waals surface area (Å²) in [7, 11) is 0. The number of carbonyl (C=O) groups excluding carboxylic acids is 1. The highest BCUT2D eigenvalue weighted by atomic mass is 16.1. The molecule has 3 nitrogen and oxygen atoms in total. The Balaban J connectivity index is 1.79. The van der Waals surface area contributed by atoms with Gasteiger partial charge < -0.3 is 10.6 Å². The second kappa shape index (κ2) is 6.89. The molecule has 1 amide bonds. The zero-order chi connectivity index (χ0) is 14.5. The van der Waals surface area contributed by atoms with Crippen LogP contribution in [0.5, 0.6) is 0 Å². The van der Waals surface area contributed by atoms with E-state index in [0.29, 0.717) is 18.4 Å². The highest BCUT2D eigenvalue weighted by molar-refractivity contribution is 5.79. The van der Waals surface area contributed by atoms with Gasteiger partial charge in [0.05, 0.1) is 6.42 Å². The number of amides is 1. The van der Waals surface area contributed by atoms with Crippen LogP contribution in [-0.2, 0) is 11.2 Å². The van der Waals surface area contributed by atoms with E-state index in [-0.39, 0.29) is 5.91 Å². The Kier molecular flexibility index (Phi) is 5.18. The van der Waals surface area contributed by atoms with Gasteiger partial charge in [-0.1, -0.05) is 23.8 Å². The maximum absolute atomic E-state index is 12.1. The van der Waals surface area contributed by atoms with E-state index in [1.807, 2.05) is 0 Å². The molecule has 3 heteroatoms. The Bertz CT molecular complexity index is 462. The molecule has 110 valence electrons. The summed E-state index contributed by atoms with van der Waals surface area (Å²) in [6, 6.07) is 6.91. The Hall–Kier alpha value is -1.35. The van der Waals surface area contributed by atoms with Crippen LogP contribution >= 0.6 is 0 Å². The quantitative estimate of drug-likeness (QED) is 0.885. The molecule has 0 aliphatic carbocycles. The van der Waals surface area contributed by atoms with Crippen LogP contribution in [0, 0.1) is 19.8 Å². The molecule has 0 bridgehead atoms. The minimum atomic E-state index is 0.136. The SMILES string of the molecule is Cc1ccc(C)c(CC(=O)NCC2CCC(C)NC2)c1. The minimum absolute atomic E-state index is 0.136. The van der Waals surface area contributed by atoms with Crippen molar-refractivity contribution < 1.29 is 4.79 Å². The van der Waals surface area contributed by atoms with Gasteiger partial charge in [-0.25, -0.2) is 0 Å². The summed E-state index contributed by atoms with van der Waals surface area (Å²) in [5.41, 5.74) is 3.54. The smallest absolute Gasteiger partial charge is 0.224 e. The number of piperidine rings is 1. The first-order chi connectivity index (χ1) is 9.54. The number of carbonyl (C=O) groups is 1. The van der Waals surface area contributed by atoms with Gasteiger partial charge in [-0.15, -0.1) is 0 Å². The number of hydrogen-bond acceptors (Lipinski definition) is 2. The van der Waals surface area contributed by atoms with Crippen LogP contribution in [-0.4, -0.2) is 25.0 Å². The zero-order valence-electron chi connectivity index (χ0n) is 12.8. The number of hydrogen-bond donors (Lipinski definition) is 2. The highest BCUT2D eigenvalue weighted by Gasteiger charge is 2.18. The Morgan fingerprint density at radius 2 is 2.15 bits per heavy atom. The molecule has 1 saturated heterocycles. The number of rotatable bonds is 4. The van der Waals surface area contributed by atoms with Crippen LogP contribution in [0.15, 0.2) is 18.2 Å². The maximum Gasteiger partial charge on any atom is 0.224 e. The number of nitrogens with one attached hydrogen (secondary N) is 2. The molecule has 1 aliphatic rings. The largest absolute Gasteiger partial charge is 0.355 e. The van der Waals surface area contributed by atoms with Gasteiger partial charge in [0.15, 0.2) is 0 Å². The minimum Gasteiger partial charge on any atom is -0.355 e. The van der Waals surface area contributed by atoms with Crippen molar-refractivity contribution in [2.24, 2.45) is 5.92 Å². The lowest BCUT2D eigenvalue weighted by atomic mass is 9.95. The third-order valence-electron chi connectivity index (χ3n) is 4.21. The van der Waals surface area contributed by atoms with Crippen molar-refractivity contribution in [3.8, 4) is 0 Å². The molecule has 1 heterocycles. The van der Waals surface area contributed by atoms with E-state index in [4.69, 9.17) is 0 Å². The lowest BCUT2D eigenvalue weighted by Gasteiger charge is -2.27. The third-order valence-corrected chi connectivity index (χ3v) is 4.21. The van der Waals surface area contributed by atoms with E-state index in [2.05, 4.69) is 49.6 Å². The Labute approximate surface area is 122 Å². The normalized spacial score (nSPS) is 22.6. The van der Waals surface area contributed by atoms with Crippen molar-refractivity contribution in [1.82, 2.24) is 10.6 Å². The molecule has 2 unspecified atom stereocenters. The zero-order valence-corrected chi connectivity index (χ0v) is 12.8. The first kappa shape index (κ1) is 15.0. The Morgan fingerprint density at radius 1 is 1.35 bits per heavy atom. The molecule has 0 radical (unpaired) electrons. The van der Waals surface area contributed by atoms with Gasteiger partial charge in [0, 0.05) is 12.6 Å². The van der Waals surface area contributed by atoms with Crippen molar-refractivity contribution in [1.29, 1.82) is 0 Å².